The van der Waals surface area contributed by atoms with Crippen LogP contribution < -0.4 is 15.0 Å². The van der Waals surface area contributed by atoms with Crippen LogP contribution in [0.2, 0.25) is 0 Å². The summed E-state index contributed by atoms with van der Waals surface area (Å²) in [5.74, 6) is -0.201. The molecule has 12 heteroatoms. The number of nitrogens with one attached hydrogen (secondary N) is 1. The van der Waals surface area contributed by atoms with Crippen LogP contribution in [0.3, 0.4) is 0 Å². The number of fused-ring (bicyclic) bond motifs is 6. The molecule has 7 heterocycles. The fourth-order valence-corrected chi connectivity index (χ4v) is 7.30. The lowest BCUT2D eigenvalue weighted by Gasteiger charge is -2.31. The SMILES string of the molecule is O=C1NC2=COCCN(C2)c2nc(OC[C@@]34CCCN3C[C@H](F)C4)nc3c(F)c(ncc23)-c2cccc3cccc(c23)CCO1.[HH]. The van der Waals surface area contributed by atoms with Gasteiger partial charge in [-0.3, -0.25) is 15.2 Å². The van der Waals surface area contributed by atoms with E-state index in [2.05, 4.69) is 20.2 Å². The third-order valence-corrected chi connectivity index (χ3v) is 9.35. The van der Waals surface area contributed by atoms with Crippen molar-refractivity contribution in [2.24, 2.45) is 0 Å². The summed E-state index contributed by atoms with van der Waals surface area (Å²) in [5, 5.41) is 4.91. The first-order chi connectivity index (χ1) is 22.0. The van der Waals surface area contributed by atoms with Crippen molar-refractivity contribution in [1.29, 1.82) is 0 Å². The monoisotopic (exact) mass is 616 g/mol. The highest BCUT2D eigenvalue weighted by molar-refractivity contribution is 6.00. The van der Waals surface area contributed by atoms with Crippen molar-refractivity contribution in [1.82, 2.24) is 25.2 Å². The molecule has 2 aromatic heterocycles. The number of alkyl carbamates (subject to hydrolysis) is 1. The number of benzene rings is 2. The number of aromatic nitrogens is 3. The lowest BCUT2D eigenvalue weighted by atomic mass is 9.95. The molecule has 1 N–H and O–H groups in total. The number of rotatable bonds is 3. The van der Waals surface area contributed by atoms with Crippen LogP contribution in [0.4, 0.5) is 19.4 Å². The van der Waals surface area contributed by atoms with Gasteiger partial charge < -0.3 is 19.1 Å². The quantitative estimate of drug-likeness (QED) is 0.335. The van der Waals surface area contributed by atoms with E-state index in [1.54, 1.807) is 6.20 Å². The molecule has 2 atom stereocenters. The lowest BCUT2D eigenvalue weighted by molar-refractivity contribution is 0.107. The first-order valence-corrected chi connectivity index (χ1v) is 15.4. The summed E-state index contributed by atoms with van der Waals surface area (Å²) < 4.78 is 48.7. The van der Waals surface area contributed by atoms with Crippen molar-refractivity contribution in [3.8, 4) is 17.3 Å². The highest BCUT2D eigenvalue weighted by Crippen LogP contribution is 2.41. The van der Waals surface area contributed by atoms with Gasteiger partial charge in [-0.2, -0.15) is 9.97 Å². The van der Waals surface area contributed by atoms with Gasteiger partial charge in [0.25, 0.3) is 0 Å². The minimum Gasteiger partial charge on any atom is -0.497 e. The average molecular weight is 617 g/mol. The first-order valence-electron chi connectivity index (χ1n) is 15.4. The molecule has 5 aliphatic rings. The maximum atomic E-state index is 16.8. The van der Waals surface area contributed by atoms with Crippen LogP contribution in [-0.2, 0) is 15.9 Å². The van der Waals surface area contributed by atoms with Crippen LogP contribution in [-0.4, -0.2) is 83.7 Å². The molecule has 6 bridgehead atoms. The zero-order chi connectivity index (χ0) is 30.5. The Labute approximate surface area is 259 Å². The van der Waals surface area contributed by atoms with Gasteiger partial charge in [0.2, 0.25) is 0 Å². The Balaban J connectivity index is 0.00000338. The molecule has 0 unspecified atom stereocenters. The topological polar surface area (TPSA) is 102 Å². The van der Waals surface area contributed by atoms with E-state index in [0.29, 0.717) is 55.0 Å². The normalized spacial score (nSPS) is 23.4. The van der Waals surface area contributed by atoms with Gasteiger partial charge in [-0.05, 0) is 35.7 Å². The number of carbonyl (C=O) groups excluding carboxylic acids is 1. The highest BCUT2D eigenvalue weighted by atomic mass is 19.1. The second kappa shape index (κ2) is 11.1. The van der Waals surface area contributed by atoms with Gasteiger partial charge in [-0.25, -0.2) is 13.6 Å². The van der Waals surface area contributed by atoms with E-state index in [0.717, 1.165) is 35.7 Å². The number of ether oxygens (including phenoxy) is 3. The number of alkyl halides is 1. The van der Waals surface area contributed by atoms with Gasteiger partial charge in [0.1, 0.15) is 42.7 Å². The zero-order valence-electron chi connectivity index (χ0n) is 24.6. The summed E-state index contributed by atoms with van der Waals surface area (Å²) in [5.41, 5.74) is 1.75. The Morgan fingerprint density at radius 3 is 2.96 bits per heavy atom. The molecule has 9 rings (SSSR count). The molecule has 10 nitrogen and oxygen atoms in total. The van der Waals surface area contributed by atoms with E-state index in [4.69, 9.17) is 19.2 Å². The molecule has 1 amide bonds. The van der Waals surface area contributed by atoms with Gasteiger partial charge >= 0.3 is 12.1 Å². The minimum atomic E-state index is -0.910. The highest BCUT2D eigenvalue weighted by Gasteiger charge is 2.49. The number of halogens is 2. The van der Waals surface area contributed by atoms with Crippen molar-refractivity contribution in [3.63, 3.8) is 0 Å². The molecule has 0 spiro atoms. The average Bonchev–Trinajstić information content (AvgIpc) is 3.46. The number of amides is 1. The molecule has 45 heavy (non-hydrogen) atoms. The van der Waals surface area contributed by atoms with Gasteiger partial charge in [0.05, 0.1) is 36.3 Å². The Morgan fingerprint density at radius 1 is 1.16 bits per heavy atom. The number of pyridine rings is 1. The number of hydrogen-bond donors (Lipinski definition) is 1. The van der Waals surface area contributed by atoms with E-state index in [1.165, 1.54) is 6.26 Å². The molecule has 4 aromatic rings. The van der Waals surface area contributed by atoms with Crippen molar-refractivity contribution in [2.75, 3.05) is 50.9 Å². The molecular weight excluding hydrogens is 582 g/mol. The predicted octanol–water partition coefficient (Wildman–Crippen LogP) is 5.15. The number of anilines is 1. The van der Waals surface area contributed by atoms with Crippen LogP contribution in [0.5, 0.6) is 6.01 Å². The smallest absolute Gasteiger partial charge is 0.411 e. The lowest BCUT2D eigenvalue weighted by Crippen LogP contribution is -2.43. The largest absolute Gasteiger partial charge is 0.497 e. The summed E-state index contributed by atoms with van der Waals surface area (Å²) in [4.78, 5) is 30.8. The van der Waals surface area contributed by atoms with Crippen LogP contribution in [0, 0.1) is 5.82 Å². The van der Waals surface area contributed by atoms with Crippen LogP contribution in [0.15, 0.2) is 54.6 Å². The molecule has 2 aromatic carbocycles. The summed E-state index contributed by atoms with van der Waals surface area (Å²) in [6.07, 6.45) is 4.16. The Morgan fingerprint density at radius 2 is 2.04 bits per heavy atom. The van der Waals surface area contributed by atoms with E-state index >= 15 is 4.39 Å². The van der Waals surface area contributed by atoms with Gasteiger partial charge in [-0.1, -0.05) is 36.4 Å². The van der Waals surface area contributed by atoms with E-state index in [1.807, 2.05) is 41.3 Å². The predicted molar refractivity (Wildman–Crippen MR) is 165 cm³/mol. The zero-order valence-corrected chi connectivity index (χ0v) is 24.6. The van der Waals surface area contributed by atoms with E-state index in [9.17, 15) is 9.18 Å². The molecule has 0 radical (unpaired) electrons. The maximum absolute atomic E-state index is 16.8. The third-order valence-electron chi connectivity index (χ3n) is 9.35. The van der Waals surface area contributed by atoms with Gasteiger partial charge in [-0.15, -0.1) is 0 Å². The Bertz CT molecular complexity index is 1860. The summed E-state index contributed by atoms with van der Waals surface area (Å²) in [7, 11) is 0. The molecule has 234 valence electrons. The Kier molecular flexibility index (Phi) is 6.89. The number of carbonyl (C=O) groups is 1. The van der Waals surface area contributed by atoms with Crippen molar-refractivity contribution >= 4 is 33.6 Å². The van der Waals surface area contributed by atoms with Crippen LogP contribution >= 0.6 is 0 Å². The summed E-state index contributed by atoms with van der Waals surface area (Å²) in [6, 6.07) is 11.5. The van der Waals surface area contributed by atoms with Gasteiger partial charge in [0, 0.05) is 32.6 Å². The van der Waals surface area contributed by atoms with Crippen LogP contribution in [0.1, 0.15) is 26.3 Å². The van der Waals surface area contributed by atoms with E-state index in [-0.39, 0.29) is 38.4 Å². The fraction of sp³-hybridized carbons (Fsp3) is 0.394. The Hall–Kier alpha value is -4.58. The molecule has 0 aliphatic carbocycles. The van der Waals surface area contributed by atoms with Crippen molar-refractivity contribution in [2.45, 2.75) is 37.4 Å². The number of hydrogen-bond acceptors (Lipinski definition) is 9. The maximum Gasteiger partial charge on any atom is 0.411 e. The fourth-order valence-electron chi connectivity index (χ4n) is 7.30. The van der Waals surface area contributed by atoms with Crippen molar-refractivity contribution in [3.05, 3.63) is 65.9 Å². The molecule has 2 fully saturated rings. The third kappa shape index (κ3) is 4.97. The van der Waals surface area contributed by atoms with E-state index < -0.39 is 23.6 Å². The van der Waals surface area contributed by atoms with Crippen molar-refractivity contribution < 1.29 is 29.2 Å². The molecule has 2 saturated heterocycles. The van der Waals surface area contributed by atoms with Gasteiger partial charge in [0.15, 0.2) is 5.82 Å². The summed E-state index contributed by atoms with van der Waals surface area (Å²) >= 11 is 0. The second-order valence-electron chi connectivity index (χ2n) is 12.1. The standard InChI is InChI=1S/C33H32F2N6O4.H2/c34-22-14-33(9-3-10-41(33)16-22)19-45-31-38-29-25-15-36-28(27(29)35)24-7-2-6-20-4-1-5-21(26(20)24)8-12-44-32(42)37-23-17-40(30(25)39-31)11-13-43-18-23;/h1-2,4-7,15,18,22H,3,8-14,16-17,19H2,(H,37,42);1H/t22-,33+;/m1./s1. The van der Waals surface area contributed by atoms with Crippen LogP contribution in [0.25, 0.3) is 32.9 Å². The summed E-state index contributed by atoms with van der Waals surface area (Å²) in [6.45, 7) is 2.42. The minimum absolute atomic E-state index is 0. The molecule has 0 saturated carbocycles. The first kappa shape index (κ1) is 27.9. The molecular formula is C33H34F2N6O4. The number of nitrogens with zero attached hydrogens (tertiary/aromatic N) is 5. The molecule has 5 aliphatic heterocycles. The second-order valence-corrected chi connectivity index (χ2v) is 12.1.